The highest BCUT2D eigenvalue weighted by Gasteiger charge is 2.16. The zero-order valence-corrected chi connectivity index (χ0v) is 10.3. The molecule has 0 aromatic carbocycles. The average Bonchev–Trinajstić information content (AvgIpc) is 2.28. The number of nitrogens with zero attached hydrogens (tertiary/aromatic N) is 2. The first kappa shape index (κ1) is 13.8. The molecule has 6 heteroatoms. The lowest BCUT2D eigenvalue weighted by Gasteiger charge is -2.13. The lowest BCUT2D eigenvalue weighted by molar-refractivity contribution is -0.137. The smallest absolute Gasteiger partial charge is 0.327 e. The molecule has 0 spiro atoms. The molecule has 0 bridgehead atoms. The third kappa shape index (κ3) is 4.29. The van der Waals surface area contributed by atoms with Gasteiger partial charge in [-0.15, -0.1) is 12.3 Å². The van der Waals surface area contributed by atoms with E-state index < -0.39 is 12.0 Å². The van der Waals surface area contributed by atoms with E-state index in [0.29, 0.717) is 11.7 Å². The van der Waals surface area contributed by atoms with Crippen LogP contribution < -0.4 is 10.1 Å². The number of ether oxygens (including phenoxy) is 1. The molecule has 1 atom stereocenters. The number of rotatable bonds is 6. The predicted octanol–water partition coefficient (Wildman–Crippen LogP) is 1.15. The van der Waals surface area contributed by atoms with E-state index in [1.54, 1.807) is 0 Å². The van der Waals surface area contributed by atoms with E-state index in [-0.39, 0.29) is 12.5 Å². The van der Waals surface area contributed by atoms with E-state index in [0.717, 1.165) is 0 Å². The lowest BCUT2D eigenvalue weighted by Crippen LogP contribution is -2.29. The molecule has 2 N–H and O–H groups in total. The summed E-state index contributed by atoms with van der Waals surface area (Å²) < 4.78 is 5.36. The van der Waals surface area contributed by atoms with Crippen LogP contribution in [0.4, 0.5) is 5.82 Å². The summed E-state index contributed by atoms with van der Waals surface area (Å²) in [5.41, 5.74) is 0. The molecule has 18 heavy (non-hydrogen) atoms. The minimum absolute atomic E-state index is 0.0319. The predicted molar refractivity (Wildman–Crippen MR) is 66.3 cm³/mol. The molecule has 0 aliphatic rings. The van der Waals surface area contributed by atoms with Gasteiger partial charge >= 0.3 is 5.97 Å². The maximum atomic E-state index is 10.9. The van der Waals surface area contributed by atoms with E-state index >= 15 is 0 Å². The van der Waals surface area contributed by atoms with Gasteiger partial charge in [-0.1, -0.05) is 0 Å². The molecule has 96 valence electrons. The van der Waals surface area contributed by atoms with E-state index in [1.807, 2.05) is 13.8 Å². The van der Waals surface area contributed by atoms with Crippen molar-refractivity contribution in [2.45, 2.75) is 32.4 Å². The minimum atomic E-state index is -1.04. The van der Waals surface area contributed by atoms with Crippen molar-refractivity contribution in [2.75, 3.05) is 5.32 Å². The van der Waals surface area contributed by atoms with Crippen LogP contribution in [0.2, 0.25) is 0 Å². The van der Waals surface area contributed by atoms with Crippen molar-refractivity contribution in [3.05, 3.63) is 12.4 Å². The minimum Gasteiger partial charge on any atom is -0.480 e. The second-order valence-electron chi connectivity index (χ2n) is 3.85. The van der Waals surface area contributed by atoms with Crippen molar-refractivity contribution >= 4 is 11.8 Å². The van der Waals surface area contributed by atoms with Gasteiger partial charge in [0.2, 0.25) is 5.88 Å². The van der Waals surface area contributed by atoms with Gasteiger partial charge in [0.1, 0.15) is 11.9 Å². The number of anilines is 1. The monoisotopic (exact) mass is 249 g/mol. The maximum absolute atomic E-state index is 10.9. The third-order valence-electron chi connectivity index (χ3n) is 1.91. The number of carboxylic acids is 1. The number of aliphatic carboxylic acids is 1. The molecule has 0 amide bonds. The standard InChI is InChI=1S/C12H15N3O3/c1-4-5-9(12(16)17)14-10-6-13-7-11(15-10)18-8(2)3/h1,6-9H,5H2,2-3H3,(H,14,15)(H,16,17). The first-order valence-electron chi connectivity index (χ1n) is 5.44. The van der Waals surface area contributed by atoms with Gasteiger partial charge in [-0.2, -0.15) is 4.98 Å². The summed E-state index contributed by atoms with van der Waals surface area (Å²) in [5, 5.41) is 11.6. The molecule has 1 aromatic rings. The Bertz CT molecular complexity index is 454. The van der Waals surface area contributed by atoms with Crippen LogP contribution in [0, 0.1) is 12.3 Å². The summed E-state index contributed by atoms with van der Waals surface area (Å²) in [4.78, 5) is 18.9. The van der Waals surface area contributed by atoms with E-state index in [1.165, 1.54) is 12.4 Å². The van der Waals surface area contributed by atoms with Gasteiger partial charge in [0, 0.05) is 6.42 Å². The van der Waals surface area contributed by atoms with Crippen molar-refractivity contribution in [1.29, 1.82) is 0 Å². The van der Waals surface area contributed by atoms with Gasteiger partial charge in [-0.3, -0.25) is 4.98 Å². The Morgan fingerprint density at radius 3 is 2.89 bits per heavy atom. The van der Waals surface area contributed by atoms with Gasteiger partial charge in [-0.05, 0) is 13.8 Å². The van der Waals surface area contributed by atoms with E-state index in [2.05, 4.69) is 21.2 Å². The molecule has 0 aliphatic heterocycles. The Kier molecular flexibility index (Phi) is 4.93. The number of terminal acetylenes is 1. The Labute approximate surface area is 105 Å². The van der Waals surface area contributed by atoms with Crippen LogP contribution >= 0.6 is 0 Å². The molecule has 6 nitrogen and oxygen atoms in total. The third-order valence-corrected chi connectivity index (χ3v) is 1.91. The van der Waals surface area contributed by atoms with Crippen LogP contribution in [0.25, 0.3) is 0 Å². The van der Waals surface area contributed by atoms with E-state index in [4.69, 9.17) is 16.3 Å². The number of carbonyl (C=O) groups is 1. The quantitative estimate of drug-likeness (QED) is 0.736. The second-order valence-corrected chi connectivity index (χ2v) is 3.85. The topological polar surface area (TPSA) is 84.3 Å². The highest BCUT2D eigenvalue weighted by molar-refractivity contribution is 5.77. The largest absolute Gasteiger partial charge is 0.480 e. The van der Waals surface area contributed by atoms with Crippen molar-refractivity contribution < 1.29 is 14.6 Å². The molecule has 0 radical (unpaired) electrons. The number of nitrogens with one attached hydrogen (secondary N) is 1. The Hall–Kier alpha value is -2.29. The normalized spacial score (nSPS) is 11.7. The Balaban J connectivity index is 2.77. The fraction of sp³-hybridized carbons (Fsp3) is 0.417. The number of aromatic nitrogens is 2. The fourth-order valence-corrected chi connectivity index (χ4v) is 1.21. The molecule has 0 aliphatic carbocycles. The SMILES string of the molecule is C#CCC(Nc1cncc(OC(C)C)n1)C(=O)O. The van der Waals surface area contributed by atoms with Gasteiger partial charge in [0.15, 0.2) is 0 Å². The molecular weight excluding hydrogens is 234 g/mol. The summed E-state index contributed by atoms with van der Waals surface area (Å²) in [6.45, 7) is 3.72. The Morgan fingerprint density at radius 1 is 1.61 bits per heavy atom. The van der Waals surface area contributed by atoms with Crippen molar-refractivity contribution in [2.24, 2.45) is 0 Å². The summed E-state index contributed by atoms with van der Waals surface area (Å²) in [6.07, 6.45) is 8.01. The molecule has 1 rings (SSSR count). The molecular formula is C12H15N3O3. The zero-order chi connectivity index (χ0) is 13.5. The van der Waals surface area contributed by atoms with Crippen LogP contribution in [-0.2, 0) is 4.79 Å². The van der Waals surface area contributed by atoms with Gasteiger partial charge in [-0.25, -0.2) is 4.79 Å². The van der Waals surface area contributed by atoms with Crippen LogP contribution in [0.15, 0.2) is 12.4 Å². The molecule has 1 aromatic heterocycles. The maximum Gasteiger partial charge on any atom is 0.327 e. The number of hydrogen-bond acceptors (Lipinski definition) is 5. The first-order valence-corrected chi connectivity index (χ1v) is 5.44. The molecule has 0 saturated carbocycles. The van der Waals surface area contributed by atoms with E-state index in [9.17, 15) is 4.79 Å². The molecule has 0 fully saturated rings. The molecule has 1 unspecified atom stereocenters. The Morgan fingerprint density at radius 2 is 2.33 bits per heavy atom. The number of hydrogen-bond donors (Lipinski definition) is 2. The fourth-order valence-electron chi connectivity index (χ4n) is 1.21. The molecule has 1 heterocycles. The average molecular weight is 249 g/mol. The van der Waals surface area contributed by atoms with Crippen LogP contribution in [0.1, 0.15) is 20.3 Å². The summed E-state index contributed by atoms with van der Waals surface area (Å²) >= 11 is 0. The first-order chi connectivity index (χ1) is 8.52. The van der Waals surface area contributed by atoms with Crippen molar-refractivity contribution in [3.63, 3.8) is 0 Å². The van der Waals surface area contributed by atoms with Crippen LogP contribution in [0.3, 0.4) is 0 Å². The van der Waals surface area contributed by atoms with Gasteiger partial charge in [0.25, 0.3) is 0 Å². The van der Waals surface area contributed by atoms with Gasteiger partial charge < -0.3 is 15.2 Å². The van der Waals surface area contributed by atoms with Crippen molar-refractivity contribution in [1.82, 2.24) is 9.97 Å². The summed E-state index contributed by atoms with van der Waals surface area (Å²) in [6, 6.07) is -0.890. The zero-order valence-electron chi connectivity index (χ0n) is 10.3. The summed E-state index contributed by atoms with van der Waals surface area (Å²) in [7, 11) is 0. The second kappa shape index (κ2) is 6.45. The number of carboxylic acid groups (broad SMARTS) is 1. The highest BCUT2D eigenvalue weighted by atomic mass is 16.5. The molecule has 0 saturated heterocycles. The lowest BCUT2D eigenvalue weighted by atomic mass is 10.2. The van der Waals surface area contributed by atoms with Crippen molar-refractivity contribution in [3.8, 4) is 18.2 Å². The summed E-state index contributed by atoms with van der Waals surface area (Å²) in [5.74, 6) is 1.91. The highest BCUT2D eigenvalue weighted by Crippen LogP contribution is 2.12. The van der Waals surface area contributed by atoms with Crippen LogP contribution in [-0.4, -0.2) is 33.2 Å². The van der Waals surface area contributed by atoms with Gasteiger partial charge in [0.05, 0.1) is 18.5 Å². The van der Waals surface area contributed by atoms with Crippen LogP contribution in [0.5, 0.6) is 5.88 Å².